The Morgan fingerprint density at radius 2 is 2.13 bits per heavy atom. The Labute approximate surface area is 91.1 Å². The van der Waals surface area contributed by atoms with E-state index in [9.17, 15) is 4.79 Å². The molecule has 0 spiro atoms. The van der Waals surface area contributed by atoms with Crippen LogP contribution in [0.15, 0.2) is 23.1 Å². The molecule has 0 fully saturated rings. The van der Waals surface area contributed by atoms with Gasteiger partial charge in [0.2, 0.25) is 0 Å². The van der Waals surface area contributed by atoms with E-state index in [1.54, 1.807) is 10.6 Å². The van der Waals surface area contributed by atoms with Crippen molar-refractivity contribution in [1.29, 1.82) is 0 Å². The minimum Gasteiger partial charge on any atom is -0.319 e. The third-order valence-corrected chi connectivity index (χ3v) is 2.27. The number of pyridine rings is 1. The topological polar surface area (TPSA) is 34.0 Å². The van der Waals surface area contributed by atoms with Crippen LogP contribution < -0.4 is 10.9 Å². The highest BCUT2D eigenvalue weighted by Crippen LogP contribution is 2.00. The Balaban J connectivity index is 2.80. The summed E-state index contributed by atoms with van der Waals surface area (Å²) in [5.41, 5.74) is 1.31. The molecule has 0 aliphatic heterocycles. The van der Waals surface area contributed by atoms with Crippen LogP contribution in [-0.2, 0) is 13.0 Å². The van der Waals surface area contributed by atoms with Gasteiger partial charge >= 0.3 is 0 Å². The molecule has 3 nitrogen and oxygen atoms in total. The lowest BCUT2D eigenvalue weighted by atomic mass is 10.2. The maximum absolute atomic E-state index is 11.5. The summed E-state index contributed by atoms with van der Waals surface area (Å²) in [5.74, 6) is 0.502. The van der Waals surface area contributed by atoms with E-state index < -0.39 is 0 Å². The molecule has 1 N–H and O–H groups in total. The molecule has 0 atom stereocenters. The molecule has 0 saturated heterocycles. The molecule has 0 aliphatic rings. The average molecular weight is 208 g/mol. The zero-order valence-corrected chi connectivity index (χ0v) is 9.79. The average Bonchev–Trinajstić information content (AvgIpc) is 2.18. The molecular formula is C12H20N2O. The number of rotatable bonds is 5. The van der Waals surface area contributed by atoms with Crippen molar-refractivity contribution in [3.05, 3.63) is 34.2 Å². The molecule has 1 rings (SSSR count). The van der Waals surface area contributed by atoms with E-state index in [1.807, 2.05) is 19.3 Å². The van der Waals surface area contributed by atoms with Crippen molar-refractivity contribution in [2.45, 2.75) is 26.8 Å². The van der Waals surface area contributed by atoms with E-state index in [0.717, 1.165) is 19.5 Å². The highest BCUT2D eigenvalue weighted by atomic mass is 16.1. The number of likely N-dealkylation sites (N-methyl/N-ethyl adjacent to an activating group) is 1. The smallest absolute Gasteiger partial charge is 0.250 e. The van der Waals surface area contributed by atoms with E-state index in [-0.39, 0.29) is 5.56 Å². The van der Waals surface area contributed by atoms with Gasteiger partial charge in [-0.05, 0) is 31.5 Å². The molecule has 0 aliphatic carbocycles. The Kier molecular flexibility index (Phi) is 4.56. The van der Waals surface area contributed by atoms with Gasteiger partial charge in [0.15, 0.2) is 0 Å². The van der Waals surface area contributed by atoms with Gasteiger partial charge in [-0.15, -0.1) is 0 Å². The van der Waals surface area contributed by atoms with Crippen molar-refractivity contribution in [3.63, 3.8) is 0 Å². The van der Waals surface area contributed by atoms with E-state index in [2.05, 4.69) is 19.2 Å². The lowest BCUT2D eigenvalue weighted by Crippen LogP contribution is -2.22. The predicted molar refractivity (Wildman–Crippen MR) is 63.2 cm³/mol. The zero-order valence-electron chi connectivity index (χ0n) is 9.79. The fourth-order valence-corrected chi connectivity index (χ4v) is 1.53. The fraction of sp³-hybridized carbons (Fsp3) is 0.583. The van der Waals surface area contributed by atoms with Crippen molar-refractivity contribution < 1.29 is 0 Å². The molecule has 84 valence electrons. The standard InChI is InChI=1S/C12H20N2O/c1-10(2)8-14-9-11(6-7-13-3)4-5-12(14)15/h4-5,9-10,13H,6-8H2,1-3H3. The Morgan fingerprint density at radius 3 is 2.73 bits per heavy atom. The summed E-state index contributed by atoms with van der Waals surface area (Å²) in [6.07, 6.45) is 2.94. The lowest BCUT2D eigenvalue weighted by molar-refractivity contribution is 0.509. The van der Waals surface area contributed by atoms with Gasteiger partial charge in [0.1, 0.15) is 0 Å². The van der Waals surface area contributed by atoms with E-state index in [4.69, 9.17) is 0 Å². The number of hydrogen-bond acceptors (Lipinski definition) is 2. The molecule has 0 amide bonds. The van der Waals surface area contributed by atoms with Gasteiger partial charge in [-0.1, -0.05) is 19.9 Å². The van der Waals surface area contributed by atoms with Gasteiger partial charge in [-0.2, -0.15) is 0 Å². The first-order chi connectivity index (χ1) is 7.13. The summed E-state index contributed by atoms with van der Waals surface area (Å²) in [6, 6.07) is 3.57. The first-order valence-electron chi connectivity index (χ1n) is 5.47. The largest absolute Gasteiger partial charge is 0.319 e. The van der Waals surface area contributed by atoms with Crippen LogP contribution in [0.2, 0.25) is 0 Å². The van der Waals surface area contributed by atoms with Gasteiger partial charge in [0.05, 0.1) is 0 Å². The number of hydrogen-bond donors (Lipinski definition) is 1. The lowest BCUT2D eigenvalue weighted by Gasteiger charge is -2.10. The van der Waals surface area contributed by atoms with E-state index >= 15 is 0 Å². The van der Waals surface area contributed by atoms with Gasteiger partial charge in [-0.3, -0.25) is 4.79 Å². The van der Waals surface area contributed by atoms with Crippen molar-refractivity contribution in [2.75, 3.05) is 13.6 Å². The molecule has 0 aromatic carbocycles. The van der Waals surface area contributed by atoms with E-state index in [0.29, 0.717) is 5.92 Å². The summed E-state index contributed by atoms with van der Waals surface area (Å²) >= 11 is 0. The second-order valence-electron chi connectivity index (χ2n) is 4.28. The van der Waals surface area contributed by atoms with Crippen LogP contribution in [0.1, 0.15) is 19.4 Å². The first-order valence-corrected chi connectivity index (χ1v) is 5.47. The third kappa shape index (κ3) is 3.88. The summed E-state index contributed by atoms with van der Waals surface area (Å²) in [7, 11) is 1.93. The minimum atomic E-state index is 0.0944. The van der Waals surface area contributed by atoms with Crippen molar-refractivity contribution >= 4 is 0 Å². The van der Waals surface area contributed by atoms with Crippen LogP contribution in [0.3, 0.4) is 0 Å². The van der Waals surface area contributed by atoms with Crippen LogP contribution in [0, 0.1) is 5.92 Å². The zero-order chi connectivity index (χ0) is 11.3. The van der Waals surface area contributed by atoms with Crippen LogP contribution in [0.4, 0.5) is 0 Å². The van der Waals surface area contributed by atoms with Gasteiger partial charge in [-0.25, -0.2) is 0 Å². The molecule has 3 heteroatoms. The van der Waals surface area contributed by atoms with E-state index in [1.165, 1.54) is 5.56 Å². The highest BCUT2D eigenvalue weighted by Gasteiger charge is 2.00. The summed E-state index contributed by atoms with van der Waals surface area (Å²) in [4.78, 5) is 11.5. The molecule has 0 saturated carbocycles. The molecule has 0 bridgehead atoms. The molecule has 15 heavy (non-hydrogen) atoms. The van der Waals surface area contributed by atoms with Crippen LogP contribution in [0.25, 0.3) is 0 Å². The van der Waals surface area contributed by atoms with Crippen molar-refractivity contribution in [1.82, 2.24) is 9.88 Å². The molecule has 0 radical (unpaired) electrons. The van der Waals surface area contributed by atoms with Gasteiger partial charge in [0, 0.05) is 18.8 Å². The number of nitrogens with one attached hydrogen (secondary N) is 1. The second-order valence-corrected chi connectivity index (χ2v) is 4.28. The molecule has 1 aromatic rings. The van der Waals surface area contributed by atoms with Crippen molar-refractivity contribution in [3.8, 4) is 0 Å². The number of aromatic nitrogens is 1. The summed E-state index contributed by atoms with van der Waals surface area (Å²) < 4.78 is 1.80. The summed E-state index contributed by atoms with van der Waals surface area (Å²) in [6.45, 7) is 5.98. The monoisotopic (exact) mass is 208 g/mol. The molecular weight excluding hydrogens is 188 g/mol. The maximum Gasteiger partial charge on any atom is 0.250 e. The predicted octanol–water partition coefficient (Wildman–Crippen LogP) is 1.27. The Morgan fingerprint density at radius 1 is 1.40 bits per heavy atom. The normalized spacial score (nSPS) is 10.9. The van der Waals surface area contributed by atoms with Crippen LogP contribution in [0.5, 0.6) is 0 Å². The Bertz CT molecular complexity index is 355. The minimum absolute atomic E-state index is 0.0944. The van der Waals surface area contributed by atoms with Crippen molar-refractivity contribution in [2.24, 2.45) is 5.92 Å². The maximum atomic E-state index is 11.5. The fourth-order valence-electron chi connectivity index (χ4n) is 1.53. The first kappa shape index (κ1) is 12.0. The molecule has 1 aromatic heterocycles. The molecule has 1 heterocycles. The molecule has 0 unspecified atom stereocenters. The number of nitrogens with zero attached hydrogens (tertiary/aromatic N) is 1. The van der Waals surface area contributed by atoms with Gasteiger partial charge < -0.3 is 9.88 Å². The van der Waals surface area contributed by atoms with Gasteiger partial charge in [0.25, 0.3) is 5.56 Å². The second kappa shape index (κ2) is 5.71. The Hall–Kier alpha value is -1.09. The van der Waals surface area contributed by atoms with Crippen LogP contribution in [-0.4, -0.2) is 18.2 Å². The SMILES string of the molecule is CNCCc1ccc(=O)n(CC(C)C)c1. The quantitative estimate of drug-likeness (QED) is 0.790. The third-order valence-electron chi connectivity index (χ3n) is 2.27. The summed E-state index contributed by atoms with van der Waals surface area (Å²) in [5, 5.41) is 3.10. The van der Waals surface area contributed by atoms with Crippen LogP contribution >= 0.6 is 0 Å². The highest BCUT2D eigenvalue weighted by molar-refractivity contribution is 5.10.